The van der Waals surface area contributed by atoms with Gasteiger partial charge in [-0.1, -0.05) is 0 Å². The quantitative estimate of drug-likeness (QED) is 0.791. The number of carbonyl (C=O) groups is 1. The molecule has 0 amide bonds. The van der Waals surface area contributed by atoms with Crippen LogP contribution in [0.3, 0.4) is 0 Å². The fourth-order valence-corrected chi connectivity index (χ4v) is 3.35. The molecule has 4 heteroatoms. The number of hydrogen-bond acceptors (Lipinski definition) is 4. The summed E-state index contributed by atoms with van der Waals surface area (Å²) in [6.45, 7) is 4.42. The van der Waals surface area contributed by atoms with E-state index >= 15 is 0 Å². The van der Waals surface area contributed by atoms with Crippen molar-refractivity contribution in [1.82, 2.24) is 4.90 Å². The van der Waals surface area contributed by atoms with Gasteiger partial charge in [-0.2, -0.15) is 0 Å². The third kappa shape index (κ3) is 2.40. The maximum atomic E-state index is 11.6. The van der Waals surface area contributed by atoms with E-state index in [-0.39, 0.29) is 5.97 Å². The van der Waals surface area contributed by atoms with Gasteiger partial charge in [0, 0.05) is 30.9 Å². The fourth-order valence-electron chi connectivity index (χ4n) is 3.35. The molecular weight excluding hydrogens is 252 g/mol. The van der Waals surface area contributed by atoms with Gasteiger partial charge >= 0.3 is 5.97 Å². The minimum atomic E-state index is -0.238. The van der Waals surface area contributed by atoms with Gasteiger partial charge in [-0.05, 0) is 51.1 Å². The lowest BCUT2D eigenvalue weighted by Gasteiger charge is -2.40. The normalized spacial score (nSPS) is 25.8. The molecule has 0 N–H and O–H groups in total. The minimum absolute atomic E-state index is 0.238. The first-order valence-electron chi connectivity index (χ1n) is 7.43. The van der Waals surface area contributed by atoms with Crippen molar-refractivity contribution in [3.05, 3.63) is 29.8 Å². The molecule has 2 atom stereocenters. The van der Waals surface area contributed by atoms with Crippen molar-refractivity contribution in [2.45, 2.75) is 31.8 Å². The van der Waals surface area contributed by atoms with E-state index in [1.165, 1.54) is 18.5 Å². The Bertz CT molecular complexity index is 472. The van der Waals surface area contributed by atoms with Gasteiger partial charge < -0.3 is 9.64 Å². The molecular formula is C16H22N2O2. The smallest absolute Gasteiger partial charge is 0.338 e. The van der Waals surface area contributed by atoms with Crippen molar-refractivity contribution in [3.8, 4) is 0 Å². The lowest BCUT2D eigenvalue weighted by atomic mass is 10.1. The molecule has 2 fully saturated rings. The summed E-state index contributed by atoms with van der Waals surface area (Å²) in [5.41, 5.74) is 1.84. The molecule has 2 bridgehead atoms. The van der Waals surface area contributed by atoms with Crippen LogP contribution in [0.1, 0.15) is 30.1 Å². The molecule has 2 heterocycles. The lowest BCUT2D eigenvalue weighted by Crippen LogP contribution is -2.52. The second kappa shape index (κ2) is 5.44. The van der Waals surface area contributed by atoms with Crippen molar-refractivity contribution in [2.75, 3.05) is 31.6 Å². The van der Waals surface area contributed by atoms with Crippen LogP contribution in [0.4, 0.5) is 5.69 Å². The Kier molecular flexibility index (Phi) is 3.66. The number of hydrogen-bond donors (Lipinski definition) is 0. The fraction of sp³-hybridized carbons (Fsp3) is 0.562. The Hall–Kier alpha value is -1.55. The summed E-state index contributed by atoms with van der Waals surface area (Å²) in [4.78, 5) is 16.6. The number of fused-ring (bicyclic) bond motifs is 2. The monoisotopic (exact) mass is 274 g/mol. The number of nitrogens with zero attached hydrogens (tertiary/aromatic N) is 2. The van der Waals surface area contributed by atoms with Gasteiger partial charge in [0.1, 0.15) is 0 Å². The highest BCUT2D eigenvalue weighted by Gasteiger charge is 2.37. The van der Waals surface area contributed by atoms with Crippen LogP contribution in [0.5, 0.6) is 0 Å². The number of likely N-dealkylation sites (N-methyl/N-ethyl adjacent to an activating group) is 1. The third-order valence-corrected chi connectivity index (χ3v) is 4.59. The second-order valence-corrected chi connectivity index (χ2v) is 5.72. The van der Waals surface area contributed by atoms with Gasteiger partial charge in [-0.15, -0.1) is 0 Å². The summed E-state index contributed by atoms with van der Waals surface area (Å²) in [7, 11) is 2.24. The van der Waals surface area contributed by atoms with Crippen molar-refractivity contribution in [2.24, 2.45) is 0 Å². The number of piperazine rings is 1. The Balaban J connectivity index is 1.71. The SMILES string of the molecule is CCOC(=O)c1ccc(N2CC3CCC(C2)N3C)cc1. The van der Waals surface area contributed by atoms with Crippen LogP contribution in [-0.4, -0.2) is 49.7 Å². The first kappa shape index (κ1) is 13.4. The van der Waals surface area contributed by atoms with Crippen LogP contribution >= 0.6 is 0 Å². The molecule has 108 valence electrons. The molecule has 2 unspecified atom stereocenters. The molecule has 0 aliphatic carbocycles. The number of anilines is 1. The Morgan fingerprint density at radius 1 is 1.20 bits per heavy atom. The number of esters is 1. The Morgan fingerprint density at radius 3 is 2.35 bits per heavy atom. The number of benzene rings is 1. The van der Waals surface area contributed by atoms with Crippen molar-refractivity contribution < 1.29 is 9.53 Å². The zero-order chi connectivity index (χ0) is 14.1. The Morgan fingerprint density at radius 2 is 1.80 bits per heavy atom. The topological polar surface area (TPSA) is 32.8 Å². The van der Waals surface area contributed by atoms with Crippen molar-refractivity contribution >= 4 is 11.7 Å². The highest BCUT2D eigenvalue weighted by atomic mass is 16.5. The average molecular weight is 274 g/mol. The largest absolute Gasteiger partial charge is 0.462 e. The minimum Gasteiger partial charge on any atom is -0.462 e. The van der Waals surface area contributed by atoms with Gasteiger partial charge in [0.05, 0.1) is 12.2 Å². The zero-order valence-electron chi connectivity index (χ0n) is 12.2. The molecule has 0 spiro atoms. The first-order chi connectivity index (χ1) is 9.69. The molecule has 0 saturated carbocycles. The number of rotatable bonds is 3. The van der Waals surface area contributed by atoms with Crippen LogP contribution in [-0.2, 0) is 4.74 Å². The van der Waals surface area contributed by atoms with E-state index in [2.05, 4.69) is 16.8 Å². The Labute approximate surface area is 120 Å². The zero-order valence-corrected chi connectivity index (χ0v) is 12.2. The van der Waals surface area contributed by atoms with Gasteiger partial charge in [-0.3, -0.25) is 4.90 Å². The summed E-state index contributed by atoms with van der Waals surface area (Å²) in [5.74, 6) is -0.238. The van der Waals surface area contributed by atoms with E-state index in [1.807, 2.05) is 31.2 Å². The first-order valence-corrected chi connectivity index (χ1v) is 7.43. The summed E-state index contributed by atoms with van der Waals surface area (Å²) in [5, 5.41) is 0. The summed E-state index contributed by atoms with van der Waals surface area (Å²) < 4.78 is 5.01. The van der Waals surface area contributed by atoms with Gasteiger partial charge in [0.2, 0.25) is 0 Å². The molecule has 4 nitrogen and oxygen atoms in total. The predicted octanol–water partition coefficient (Wildman–Crippen LogP) is 2.15. The molecule has 2 saturated heterocycles. The van der Waals surface area contributed by atoms with Gasteiger partial charge in [-0.25, -0.2) is 4.79 Å². The number of carbonyl (C=O) groups excluding carboxylic acids is 1. The highest BCUT2D eigenvalue weighted by Crippen LogP contribution is 2.31. The molecule has 0 radical (unpaired) electrons. The van der Waals surface area contributed by atoms with E-state index in [4.69, 9.17) is 4.74 Å². The van der Waals surface area contributed by atoms with Crippen LogP contribution in [0.25, 0.3) is 0 Å². The maximum absolute atomic E-state index is 11.6. The maximum Gasteiger partial charge on any atom is 0.338 e. The number of ether oxygens (including phenoxy) is 1. The highest BCUT2D eigenvalue weighted by molar-refractivity contribution is 5.89. The standard InChI is InChI=1S/C16H22N2O2/c1-3-20-16(19)12-4-6-13(7-5-12)18-10-14-8-9-15(11-18)17(14)2/h4-7,14-15H,3,8-11H2,1-2H3. The third-order valence-electron chi connectivity index (χ3n) is 4.59. The summed E-state index contributed by atoms with van der Waals surface area (Å²) >= 11 is 0. The molecule has 0 aromatic heterocycles. The van der Waals surface area contributed by atoms with Crippen LogP contribution < -0.4 is 4.90 Å². The van der Waals surface area contributed by atoms with E-state index in [1.54, 1.807) is 0 Å². The summed E-state index contributed by atoms with van der Waals surface area (Å²) in [6.07, 6.45) is 2.61. The van der Waals surface area contributed by atoms with E-state index in [9.17, 15) is 4.79 Å². The van der Waals surface area contributed by atoms with Crippen molar-refractivity contribution in [1.29, 1.82) is 0 Å². The second-order valence-electron chi connectivity index (χ2n) is 5.72. The lowest BCUT2D eigenvalue weighted by molar-refractivity contribution is 0.0526. The van der Waals surface area contributed by atoms with Crippen molar-refractivity contribution in [3.63, 3.8) is 0 Å². The molecule has 20 heavy (non-hydrogen) atoms. The summed E-state index contributed by atoms with van der Waals surface area (Å²) in [6, 6.07) is 9.17. The molecule has 2 aliphatic heterocycles. The van der Waals surface area contributed by atoms with Crippen LogP contribution in [0.15, 0.2) is 24.3 Å². The van der Waals surface area contributed by atoms with Crippen LogP contribution in [0.2, 0.25) is 0 Å². The average Bonchev–Trinajstić information content (AvgIpc) is 2.68. The molecule has 1 aromatic rings. The van der Waals surface area contributed by atoms with Gasteiger partial charge in [0.25, 0.3) is 0 Å². The van der Waals surface area contributed by atoms with E-state index < -0.39 is 0 Å². The molecule has 3 rings (SSSR count). The van der Waals surface area contributed by atoms with Crippen LogP contribution in [0, 0.1) is 0 Å². The molecule has 1 aromatic carbocycles. The molecule has 2 aliphatic rings. The van der Waals surface area contributed by atoms with E-state index in [0.717, 1.165) is 13.1 Å². The van der Waals surface area contributed by atoms with Gasteiger partial charge in [0.15, 0.2) is 0 Å². The predicted molar refractivity (Wildman–Crippen MR) is 79.2 cm³/mol. The van der Waals surface area contributed by atoms with E-state index in [0.29, 0.717) is 24.3 Å².